The molecular weight excluding hydrogens is 449 g/mol. The lowest BCUT2D eigenvalue weighted by Crippen LogP contribution is -2.44. The summed E-state index contributed by atoms with van der Waals surface area (Å²) in [6, 6.07) is 8.57. The average molecular weight is 478 g/mol. The van der Waals surface area contributed by atoms with E-state index in [0.29, 0.717) is 5.56 Å². The van der Waals surface area contributed by atoms with Crippen molar-refractivity contribution in [2.24, 2.45) is 0 Å². The van der Waals surface area contributed by atoms with Crippen LogP contribution in [0.15, 0.2) is 47.4 Å². The molecule has 8 nitrogen and oxygen atoms in total. The molecule has 10 heteroatoms. The number of methoxy groups -OCH3 is 1. The molecule has 0 saturated carbocycles. The topological polar surface area (TPSA) is 105 Å². The van der Waals surface area contributed by atoms with Gasteiger partial charge in [0.2, 0.25) is 5.91 Å². The molecule has 1 saturated heterocycles. The Balaban J connectivity index is 1.80. The summed E-state index contributed by atoms with van der Waals surface area (Å²) in [5, 5.41) is 2.89. The van der Waals surface area contributed by atoms with Crippen LogP contribution in [0.25, 0.3) is 0 Å². The fourth-order valence-electron chi connectivity index (χ4n) is 3.81. The maximum Gasteiger partial charge on any atom is 0.337 e. The van der Waals surface area contributed by atoms with Crippen molar-refractivity contribution in [2.45, 2.75) is 43.2 Å². The first kappa shape index (κ1) is 24.7. The Morgan fingerprint density at radius 3 is 2.55 bits per heavy atom. The van der Waals surface area contributed by atoms with Gasteiger partial charge >= 0.3 is 5.97 Å². The lowest BCUT2D eigenvalue weighted by atomic mass is 10.1. The van der Waals surface area contributed by atoms with Gasteiger partial charge in [-0.05, 0) is 74.5 Å². The van der Waals surface area contributed by atoms with Gasteiger partial charge in [-0.1, -0.05) is 12.8 Å². The zero-order valence-electron chi connectivity index (χ0n) is 18.6. The molecular formula is C23H28FN3O5S. The van der Waals surface area contributed by atoms with E-state index >= 15 is 0 Å². The molecule has 0 aliphatic carbocycles. The minimum atomic E-state index is -4.02. The van der Waals surface area contributed by atoms with Crippen LogP contribution in [0, 0.1) is 5.82 Å². The largest absolute Gasteiger partial charge is 0.465 e. The molecule has 2 aromatic carbocycles. The number of esters is 1. The smallest absolute Gasteiger partial charge is 0.337 e. The normalized spacial score (nSPS) is 17.1. The molecule has 0 radical (unpaired) electrons. The first-order valence-electron chi connectivity index (χ1n) is 10.7. The first-order chi connectivity index (χ1) is 15.7. The quantitative estimate of drug-likeness (QED) is 0.594. The van der Waals surface area contributed by atoms with Gasteiger partial charge in [-0.25, -0.2) is 17.6 Å². The summed E-state index contributed by atoms with van der Waals surface area (Å²) in [7, 11) is -0.869. The van der Waals surface area contributed by atoms with Gasteiger partial charge in [0.25, 0.3) is 10.0 Å². The van der Waals surface area contributed by atoms with Crippen molar-refractivity contribution in [2.75, 3.05) is 25.4 Å². The third-order valence-corrected chi connectivity index (χ3v) is 6.98. The Morgan fingerprint density at radius 1 is 1.12 bits per heavy atom. The third kappa shape index (κ3) is 6.52. The van der Waals surface area contributed by atoms with Crippen molar-refractivity contribution in [3.63, 3.8) is 0 Å². The fourth-order valence-corrected chi connectivity index (χ4v) is 4.85. The average Bonchev–Trinajstić information content (AvgIpc) is 3.01. The van der Waals surface area contributed by atoms with E-state index in [0.717, 1.165) is 56.5 Å². The van der Waals surface area contributed by atoms with Gasteiger partial charge in [-0.3, -0.25) is 14.4 Å². The minimum Gasteiger partial charge on any atom is -0.465 e. The summed E-state index contributed by atoms with van der Waals surface area (Å²) in [6.07, 6.45) is 3.90. The third-order valence-electron chi connectivity index (χ3n) is 5.58. The van der Waals surface area contributed by atoms with Gasteiger partial charge in [0, 0.05) is 6.54 Å². The van der Waals surface area contributed by atoms with Crippen LogP contribution >= 0.6 is 0 Å². The monoisotopic (exact) mass is 477 g/mol. The zero-order valence-corrected chi connectivity index (χ0v) is 19.5. The molecule has 0 spiro atoms. The van der Waals surface area contributed by atoms with Gasteiger partial charge in [0.1, 0.15) is 5.82 Å². The number of likely N-dealkylation sites (N-methyl/N-ethyl adjacent to an activating group) is 1. The number of hydrogen-bond donors (Lipinski definition) is 2. The molecule has 1 aliphatic rings. The van der Waals surface area contributed by atoms with E-state index in [1.54, 1.807) is 6.07 Å². The van der Waals surface area contributed by atoms with Crippen molar-refractivity contribution >= 4 is 27.6 Å². The Hall–Kier alpha value is -2.98. The lowest BCUT2D eigenvalue weighted by Gasteiger charge is -2.24. The van der Waals surface area contributed by atoms with E-state index in [4.69, 9.17) is 4.74 Å². The van der Waals surface area contributed by atoms with Crippen molar-refractivity contribution in [1.29, 1.82) is 0 Å². The molecule has 1 aliphatic heterocycles. The number of sulfonamides is 1. The van der Waals surface area contributed by atoms with Crippen LogP contribution in [0.3, 0.4) is 0 Å². The maximum absolute atomic E-state index is 13.2. The number of amides is 1. The highest BCUT2D eigenvalue weighted by Gasteiger charge is 2.24. The minimum absolute atomic E-state index is 0.110. The number of anilines is 1. The summed E-state index contributed by atoms with van der Waals surface area (Å²) in [4.78, 5) is 26.8. The summed E-state index contributed by atoms with van der Waals surface area (Å²) >= 11 is 0. The van der Waals surface area contributed by atoms with Crippen molar-refractivity contribution in [1.82, 2.24) is 10.2 Å². The van der Waals surface area contributed by atoms with Crippen molar-refractivity contribution in [3.8, 4) is 0 Å². The Kier molecular flexibility index (Phi) is 8.04. The van der Waals surface area contributed by atoms with E-state index in [2.05, 4.69) is 10.0 Å². The molecule has 2 aromatic rings. The Morgan fingerprint density at radius 2 is 1.85 bits per heavy atom. The van der Waals surface area contributed by atoms with Crippen LogP contribution in [0.2, 0.25) is 0 Å². The molecule has 1 unspecified atom stereocenters. The molecule has 3 rings (SSSR count). The number of nitrogens with zero attached hydrogens (tertiary/aromatic N) is 1. The van der Waals surface area contributed by atoms with Crippen LogP contribution in [0.5, 0.6) is 0 Å². The fraction of sp³-hybridized carbons (Fsp3) is 0.391. The summed E-state index contributed by atoms with van der Waals surface area (Å²) in [6.45, 7) is 0.963. The zero-order chi connectivity index (χ0) is 24.0. The van der Waals surface area contributed by atoms with Crippen LogP contribution < -0.4 is 10.0 Å². The highest BCUT2D eigenvalue weighted by molar-refractivity contribution is 7.92. The van der Waals surface area contributed by atoms with E-state index in [1.807, 2.05) is 11.9 Å². The number of nitrogens with one attached hydrogen (secondary N) is 2. The van der Waals surface area contributed by atoms with Crippen molar-refractivity contribution in [3.05, 3.63) is 59.4 Å². The predicted molar refractivity (Wildman–Crippen MR) is 122 cm³/mol. The van der Waals surface area contributed by atoms with Gasteiger partial charge < -0.3 is 10.1 Å². The number of halogens is 1. The summed E-state index contributed by atoms with van der Waals surface area (Å²) < 4.78 is 45.7. The number of rotatable bonds is 7. The number of benzene rings is 2. The molecule has 0 aromatic heterocycles. The summed E-state index contributed by atoms with van der Waals surface area (Å²) in [5.41, 5.74) is 0.782. The summed E-state index contributed by atoms with van der Waals surface area (Å²) in [5.74, 6) is -1.32. The molecule has 0 bridgehead atoms. The molecule has 1 atom stereocenters. The highest BCUT2D eigenvalue weighted by Crippen LogP contribution is 2.21. The second kappa shape index (κ2) is 10.8. The SMILES string of the molecule is COC(=O)c1cc(CNC(=O)C2CCCCCN2C)cc(NS(=O)(=O)c2ccc(F)cc2)c1. The van der Waals surface area contributed by atoms with Crippen LogP contribution in [-0.2, 0) is 26.1 Å². The number of hydrogen-bond acceptors (Lipinski definition) is 6. The number of ether oxygens (including phenoxy) is 1. The van der Waals surface area contributed by atoms with E-state index in [9.17, 15) is 22.4 Å². The van der Waals surface area contributed by atoms with E-state index in [-0.39, 0.29) is 34.6 Å². The Bertz CT molecular complexity index is 1110. The standard InChI is InChI=1S/C23H28FN3O5S/c1-27-11-5-3-4-6-21(27)22(28)25-15-16-12-17(23(29)32-2)14-19(13-16)26-33(30,31)20-9-7-18(24)8-10-20/h7-10,12-14,21,26H,3-6,11,15H2,1-2H3,(H,25,28). The maximum atomic E-state index is 13.2. The van der Waals surface area contributed by atoms with Crippen LogP contribution in [-0.4, -0.2) is 51.9 Å². The second-order valence-electron chi connectivity index (χ2n) is 8.03. The van der Waals surface area contributed by atoms with E-state index < -0.39 is 21.8 Å². The van der Waals surface area contributed by atoms with Gasteiger partial charge in [0.15, 0.2) is 0 Å². The Labute approximate surface area is 193 Å². The number of likely N-dealkylation sites (tertiary alicyclic amines) is 1. The highest BCUT2D eigenvalue weighted by atomic mass is 32.2. The second-order valence-corrected chi connectivity index (χ2v) is 9.72. The molecule has 33 heavy (non-hydrogen) atoms. The molecule has 1 amide bonds. The van der Waals surface area contributed by atoms with Crippen LogP contribution in [0.4, 0.5) is 10.1 Å². The number of carbonyl (C=O) groups excluding carboxylic acids is 2. The van der Waals surface area contributed by atoms with Gasteiger partial charge in [-0.2, -0.15) is 0 Å². The molecule has 1 heterocycles. The van der Waals surface area contributed by atoms with Crippen LogP contribution in [0.1, 0.15) is 41.6 Å². The molecule has 2 N–H and O–H groups in total. The van der Waals surface area contributed by atoms with E-state index in [1.165, 1.54) is 19.2 Å². The molecule has 178 valence electrons. The first-order valence-corrected chi connectivity index (χ1v) is 12.2. The van der Waals surface area contributed by atoms with Crippen molar-refractivity contribution < 1.29 is 27.1 Å². The molecule has 1 fully saturated rings. The van der Waals surface area contributed by atoms with Gasteiger partial charge in [-0.15, -0.1) is 0 Å². The predicted octanol–water partition coefficient (Wildman–Crippen LogP) is 2.90. The van der Waals surface area contributed by atoms with Gasteiger partial charge in [0.05, 0.1) is 29.3 Å². The lowest BCUT2D eigenvalue weighted by molar-refractivity contribution is -0.126. The number of carbonyl (C=O) groups is 2.